The lowest BCUT2D eigenvalue weighted by Gasteiger charge is -2.30. The van der Waals surface area contributed by atoms with Gasteiger partial charge in [0.1, 0.15) is 19.5 Å². The molecule has 0 aromatic carbocycles. The van der Waals surface area contributed by atoms with Gasteiger partial charge in [0, 0.05) is 38.3 Å². The van der Waals surface area contributed by atoms with Gasteiger partial charge in [-0.2, -0.15) is 0 Å². The highest BCUT2D eigenvalue weighted by atomic mass is 16.6. The van der Waals surface area contributed by atoms with Crippen LogP contribution in [0, 0.1) is 35.5 Å². The molecule has 8 unspecified atom stereocenters. The zero-order chi connectivity index (χ0) is 36.9. The van der Waals surface area contributed by atoms with Crippen LogP contribution in [0.5, 0.6) is 0 Å². The molecule has 14 heteroatoms. The number of imidazole rings is 1. The van der Waals surface area contributed by atoms with Crippen LogP contribution in [0.15, 0.2) is 18.7 Å². The van der Waals surface area contributed by atoms with Crippen molar-refractivity contribution in [2.24, 2.45) is 35.5 Å². The Hall–Kier alpha value is -3.52. The number of aliphatic hydroxyl groups is 2. The van der Waals surface area contributed by atoms with Crippen LogP contribution in [0.25, 0.3) is 0 Å². The Kier molecular flexibility index (Phi) is 15.3. The van der Waals surface area contributed by atoms with Gasteiger partial charge in [-0.1, -0.05) is 38.5 Å². The fourth-order valence-electron chi connectivity index (χ4n) is 8.82. The van der Waals surface area contributed by atoms with Crippen LogP contribution in [0.1, 0.15) is 103 Å². The van der Waals surface area contributed by atoms with Gasteiger partial charge in [-0.25, -0.2) is 9.78 Å². The Labute approximate surface area is 305 Å². The molecular formula is C38H57N3O11. The number of nitrogens with zero attached hydrogens (tertiary/aromatic N) is 3. The summed E-state index contributed by atoms with van der Waals surface area (Å²) in [6, 6.07) is -0.391. The monoisotopic (exact) mass is 731 g/mol. The molecule has 1 aromatic rings. The third kappa shape index (κ3) is 11.5. The van der Waals surface area contributed by atoms with Gasteiger partial charge in [-0.15, -0.1) is 0 Å². The number of aromatic nitrogens is 2. The first-order chi connectivity index (χ1) is 25.2. The molecule has 0 radical (unpaired) electrons. The van der Waals surface area contributed by atoms with Crippen molar-refractivity contribution >= 4 is 29.9 Å². The molecule has 4 fully saturated rings. The highest BCUT2D eigenvalue weighted by Crippen LogP contribution is 2.45. The Bertz CT molecular complexity index is 1250. The maximum absolute atomic E-state index is 13.1. The van der Waals surface area contributed by atoms with Crippen molar-refractivity contribution in [3.8, 4) is 0 Å². The number of hydrogen-bond acceptors (Lipinski definition) is 12. The fraction of sp³-hybridized carbons (Fsp3) is 0.789. The minimum Gasteiger partial charge on any atom is -0.461 e. The number of hydrogen-bond donors (Lipinski definition) is 2. The van der Waals surface area contributed by atoms with Crippen LogP contribution in [0.3, 0.4) is 0 Å². The molecule has 1 heterocycles. The topological polar surface area (TPSA) is 184 Å². The van der Waals surface area contributed by atoms with Crippen LogP contribution >= 0.6 is 0 Å². The lowest BCUT2D eigenvalue weighted by molar-refractivity contribution is -0.164. The van der Waals surface area contributed by atoms with E-state index in [1.165, 1.54) is 53.9 Å². The van der Waals surface area contributed by atoms with E-state index in [2.05, 4.69) is 4.98 Å². The highest BCUT2D eigenvalue weighted by molar-refractivity contribution is 5.77. The van der Waals surface area contributed by atoms with Gasteiger partial charge >= 0.3 is 29.9 Å². The Morgan fingerprint density at radius 3 is 1.62 bits per heavy atom. The van der Waals surface area contributed by atoms with Gasteiger partial charge in [0.25, 0.3) is 0 Å². The second-order valence-corrected chi connectivity index (χ2v) is 15.2. The molecule has 1 aromatic heterocycles. The van der Waals surface area contributed by atoms with Gasteiger partial charge in [0.15, 0.2) is 12.2 Å². The molecular weight excluding hydrogens is 674 g/mol. The molecule has 290 valence electrons. The smallest absolute Gasteiger partial charge is 0.329 e. The summed E-state index contributed by atoms with van der Waals surface area (Å²) >= 11 is 0. The number of rotatable bonds is 18. The van der Waals surface area contributed by atoms with Crippen LogP contribution in [-0.4, -0.2) is 106 Å². The minimum atomic E-state index is -0.979. The zero-order valence-electron chi connectivity index (χ0n) is 30.3. The molecule has 4 aliphatic carbocycles. The first-order valence-electron chi connectivity index (χ1n) is 19.4. The van der Waals surface area contributed by atoms with Crippen molar-refractivity contribution in [1.29, 1.82) is 0 Å². The van der Waals surface area contributed by atoms with Crippen LogP contribution in [0.4, 0.5) is 4.79 Å². The first-order valence-corrected chi connectivity index (χ1v) is 19.4. The van der Waals surface area contributed by atoms with E-state index >= 15 is 0 Å². The Morgan fingerprint density at radius 1 is 0.692 bits per heavy atom. The molecule has 4 saturated carbocycles. The van der Waals surface area contributed by atoms with E-state index < -0.39 is 43.4 Å². The highest BCUT2D eigenvalue weighted by Gasteiger charge is 2.38. The Morgan fingerprint density at radius 2 is 1.17 bits per heavy atom. The normalized spacial score (nSPS) is 26.3. The number of esters is 4. The standard InChI is InChI=1S/C38H57N3O11/c42-21-32(23-49-36(46)30-13-11-26-5-1-7-28(26)19-30)51-34(44)9-3-16-40(38(48)41-18-15-39-25-41)17-4-10-35(45)52-33(22-43)24-50-37(47)31-14-12-27-6-2-8-29(27)20-31/h15,18,25-33,42-43H,1-14,16-17,19-24H2. The van der Waals surface area contributed by atoms with E-state index in [1.807, 2.05) is 0 Å². The van der Waals surface area contributed by atoms with E-state index in [0.717, 1.165) is 63.2 Å². The summed E-state index contributed by atoms with van der Waals surface area (Å²) in [5.74, 6) is 0.507. The second kappa shape index (κ2) is 20.1. The molecule has 0 bridgehead atoms. The Balaban J connectivity index is 0.996. The molecule has 5 rings (SSSR count). The maximum atomic E-state index is 13.1. The number of carbonyl (C=O) groups excluding carboxylic acids is 5. The third-order valence-corrected chi connectivity index (χ3v) is 11.7. The second-order valence-electron chi connectivity index (χ2n) is 15.2. The number of ether oxygens (including phenoxy) is 4. The number of aliphatic hydroxyl groups excluding tert-OH is 2. The van der Waals surface area contributed by atoms with Crippen molar-refractivity contribution in [1.82, 2.24) is 14.5 Å². The molecule has 8 atom stereocenters. The molecule has 0 saturated heterocycles. The summed E-state index contributed by atoms with van der Waals surface area (Å²) in [6.07, 6.45) is 15.4. The predicted octanol–water partition coefficient (Wildman–Crippen LogP) is 4.04. The summed E-state index contributed by atoms with van der Waals surface area (Å²) in [4.78, 5) is 69.2. The van der Waals surface area contributed by atoms with Crippen molar-refractivity contribution < 1.29 is 53.1 Å². The van der Waals surface area contributed by atoms with Crippen molar-refractivity contribution in [3.05, 3.63) is 18.7 Å². The quantitative estimate of drug-likeness (QED) is 0.164. The predicted molar refractivity (Wildman–Crippen MR) is 185 cm³/mol. The van der Waals surface area contributed by atoms with Gasteiger partial charge in [-0.3, -0.25) is 23.7 Å². The minimum absolute atomic E-state index is 0.0507. The lowest BCUT2D eigenvalue weighted by atomic mass is 9.76. The van der Waals surface area contributed by atoms with Crippen molar-refractivity contribution in [2.45, 2.75) is 115 Å². The van der Waals surface area contributed by atoms with E-state index in [1.54, 1.807) is 0 Å². The average Bonchev–Trinajstić information content (AvgIpc) is 3.96. The number of amides is 1. The SMILES string of the molecule is O=C(CCCN(CCCC(=O)OC(CO)COC(=O)C1CCC2CCCC2C1)C(=O)n1ccnc1)OC(CO)COC(=O)C1CCC2CCCC2C1. The van der Waals surface area contributed by atoms with Crippen LogP contribution in [0.2, 0.25) is 0 Å². The van der Waals surface area contributed by atoms with E-state index in [9.17, 15) is 34.2 Å². The fourth-order valence-corrected chi connectivity index (χ4v) is 8.82. The molecule has 0 aliphatic heterocycles. The summed E-state index contributed by atoms with van der Waals surface area (Å²) < 4.78 is 22.9. The zero-order valence-corrected chi connectivity index (χ0v) is 30.3. The molecule has 0 spiro atoms. The van der Waals surface area contributed by atoms with E-state index in [0.29, 0.717) is 11.8 Å². The van der Waals surface area contributed by atoms with E-state index in [-0.39, 0.29) is 75.8 Å². The lowest BCUT2D eigenvalue weighted by Crippen LogP contribution is -2.37. The van der Waals surface area contributed by atoms with Crippen molar-refractivity contribution in [3.63, 3.8) is 0 Å². The molecule has 52 heavy (non-hydrogen) atoms. The van der Waals surface area contributed by atoms with Gasteiger partial charge in [0.2, 0.25) is 0 Å². The largest absolute Gasteiger partial charge is 0.461 e. The summed E-state index contributed by atoms with van der Waals surface area (Å²) in [6.45, 7) is -1.07. The number of fused-ring (bicyclic) bond motifs is 2. The molecule has 4 aliphatic rings. The summed E-state index contributed by atoms with van der Waals surface area (Å²) in [7, 11) is 0. The van der Waals surface area contributed by atoms with Crippen molar-refractivity contribution in [2.75, 3.05) is 39.5 Å². The molecule has 1 amide bonds. The summed E-state index contributed by atoms with van der Waals surface area (Å²) in [5.41, 5.74) is 0. The first kappa shape index (κ1) is 39.7. The van der Waals surface area contributed by atoms with Crippen LogP contribution in [-0.2, 0) is 38.1 Å². The summed E-state index contributed by atoms with van der Waals surface area (Å²) in [5, 5.41) is 19.5. The van der Waals surface area contributed by atoms with Gasteiger partial charge in [-0.05, 0) is 75.0 Å². The van der Waals surface area contributed by atoms with Crippen LogP contribution < -0.4 is 0 Å². The number of carbonyl (C=O) groups is 5. The van der Waals surface area contributed by atoms with E-state index in [4.69, 9.17) is 18.9 Å². The molecule has 2 N–H and O–H groups in total. The maximum Gasteiger partial charge on any atom is 0.329 e. The van der Waals surface area contributed by atoms with Gasteiger partial charge in [0.05, 0.1) is 25.0 Å². The molecule has 14 nitrogen and oxygen atoms in total. The average molecular weight is 732 g/mol. The third-order valence-electron chi connectivity index (χ3n) is 11.7. The van der Waals surface area contributed by atoms with Gasteiger partial charge < -0.3 is 34.1 Å².